The van der Waals surface area contributed by atoms with Crippen molar-refractivity contribution < 1.29 is 9.13 Å². The molecule has 0 aliphatic heterocycles. The molecule has 0 N–H and O–H groups in total. The topological polar surface area (TPSA) is 71.1 Å². The summed E-state index contributed by atoms with van der Waals surface area (Å²) in [5.41, 5.74) is 0.492. The highest BCUT2D eigenvalue weighted by Gasteiger charge is 2.19. The minimum absolute atomic E-state index is 0.0990. The lowest BCUT2D eigenvalue weighted by Gasteiger charge is -2.12. The third-order valence-corrected chi connectivity index (χ3v) is 4.73. The first kappa shape index (κ1) is 18.8. The van der Waals surface area contributed by atoms with E-state index >= 15 is 0 Å². The van der Waals surface area contributed by atoms with Crippen LogP contribution < -0.4 is 11.2 Å². The van der Waals surface area contributed by atoms with E-state index in [-0.39, 0.29) is 36.7 Å². The molecule has 0 saturated heterocycles. The Hall–Kier alpha value is -3.52. The number of rotatable bonds is 6. The van der Waals surface area contributed by atoms with Crippen LogP contribution in [-0.4, -0.2) is 32.4 Å². The van der Waals surface area contributed by atoms with E-state index in [1.807, 2.05) is 6.07 Å². The van der Waals surface area contributed by atoms with Crippen LogP contribution in [0, 0.1) is 5.82 Å². The number of fused-ring (bicyclic) bond motifs is 1. The highest BCUT2D eigenvalue weighted by molar-refractivity contribution is 5.72. The Kier molecular flexibility index (Phi) is 5.09. The summed E-state index contributed by atoms with van der Waals surface area (Å²) in [6.07, 6.45) is 1.46. The zero-order valence-corrected chi connectivity index (χ0v) is 15.8. The van der Waals surface area contributed by atoms with Crippen LogP contribution in [0.25, 0.3) is 16.9 Å². The molecule has 0 fully saturated rings. The summed E-state index contributed by atoms with van der Waals surface area (Å²) < 4.78 is 23.3. The van der Waals surface area contributed by atoms with E-state index in [2.05, 4.69) is 4.98 Å². The van der Waals surface area contributed by atoms with Crippen LogP contribution in [0.3, 0.4) is 0 Å². The van der Waals surface area contributed by atoms with Gasteiger partial charge in [-0.3, -0.25) is 9.36 Å². The second-order valence-electron chi connectivity index (χ2n) is 6.54. The summed E-state index contributed by atoms with van der Waals surface area (Å²) >= 11 is 0. The Morgan fingerprint density at radius 2 is 1.76 bits per heavy atom. The van der Waals surface area contributed by atoms with Gasteiger partial charge in [0.25, 0.3) is 5.56 Å². The van der Waals surface area contributed by atoms with Crippen molar-refractivity contribution in [3.63, 3.8) is 0 Å². The van der Waals surface area contributed by atoms with E-state index in [0.29, 0.717) is 11.3 Å². The number of imidazole rings is 1. The third-order valence-electron chi connectivity index (χ3n) is 4.73. The Labute approximate surface area is 165 Å². The summed E-state index contributed by atoms with van der Waals surface area (Å²) in [4.78, 5) is 30.6. The molecule has 0 aliphatic rings. The van der Waals surface area contributed by atoms with Crippen molar-refractivity contribution in [1.29, 1.82) is 0 Å². The summed E-state index contributed by atoms with van der Waals surface area (Å²) in [6, 6.07) is 15.3. The molecule has 4 aromatic rings. The van der Waals surface area contributed by atoms with Crippen LogP contribution in [0.15, 0.2) is 70.5 Å². The molecule has 4 rings (SSSR count). The standard InChI is InChI=1S/C21H19FN4O3/c1-29-12-11-25-20(27)18-19(26(21(25)28)16-8-3-2-4-9-16)23-14-24(18)13-15-7-5-6-10-17(15)22/h2-10,14H,11-13H2,1H3. The molecule has 2 heterocycles. The zero-order valence-electron chi connectivity index (χ0n) is 15.8. The van der Waals surface area contributed by atoms with Crippen molar-refractivity contribution in [3.05, 3.63) is 93.1 Å². The summed E-state index contributed by atoms with van der Waals surface area (Å²) in [5, 5.41) is 0. The number of para-hydroxylation sites is 1. The van der Waals surface area contributed by atoms with Crippen LogP contribution >= 0.6 is 0 Å². The maximum Gasteiger partial charge on any atom is 0.337 e. The van der Waals surface area contributed by atoms with Gasteiger partial charge in [-0.1, -0.05) is 36.4 Å². The maximum atomic E-state index is 14.1. The van der Waals surface area contributed by atoms with Gasteiger partial charge >= 0.3 is 5.69 Å². The molecule has 0 aliphatic carbocycles. The van der Waals surface area contributed by atoms with Crippen molar-refractivity contribution in [2.45, 2.75) is 13.1 Å². The molecule has 0 amide bonds. The predicted molar refractivity (Wildman–Crippen MR) is 107 cm³/mol. The zero-order chi connectivity index (χ0) is 20.4. The lowest BCUT2D eigenvalue weighted by molar-refractivity contribution is 0.184. The minimum Gasteiger partial charge on any atom is -0.383 e. The van der Waals surface area contributed by atoms with Crippen molar-refractivity contribution in [2.75, 3.05) is 13.7 Å². The van der Waals surface area contributed by atoms with Crippen molar-refractivity contribution >= 4 is 11.2 Å². The van der Waals surface area contributed by atoms with Crippen LogP contribution in [0.1, 0.15) is 5.56 Å². The number of ether oxygens (including phenoxy) is 1. The number of methoxy groups -OCH3 is 1. The lowest BCUT2D eigenvalue weighted by atomic mass is 10.2. The molecule has 8 heteroatoms. The van der Waals surface area contributed by atoms with Gasteiger partial charge in [0.1, 0.15) is 5.82 Å². The molecule has 29 heavy (non-hydrogen) atoms. The van der Waals surface area contributed by atoms with Gasteiger partial charge in [-0.25, -0.2) is 18.7 Å². The van der Waals surface area contributed by atoms with E-state index in [1.165, 1.54) is 24.1 Å². The summed E-state index contributed by atoms with van der Waals surface area (Å²) in [5.74, 6) is -0.370. The average Bonchev–Trinajstić information content (AvgIpc) is 3.14. The first-order valence-electron chi connectivity index (χ1n) is 9.10. The van der Waals surface area contributed by atoms with E-state index in [1.54, 1.807) is 47.0 Å². The largest absolute Gasteiger partial charge is 0.383 e. The summed E-state index contributed by atoms with van der Waals surface area (Å²) in [6.45, 7) is 0.425. The van der Waals surface area contributed by atoms with Gasteiger partial charge in [-0.05, 0) is 18.2 Å². The monoisotopic (exact) mass is 394 g/mol. The molecule has 0 radical (unpaired) electrons. The first-order chi connectivity index (χ1) is 14.1. The molecule has 0 saturated carbocycles. The van der Waals surface area contributed by atoms with E-state index in [4.69, 9.17) is 4.74 Å². The smallest absolute Gasteiger partial charge is 0.337 e. The number of aromatic nitrogens is 4. The van der Waals surface area contributed by atoms with Crippen LogP contribution in [0.4, 0.5) is 4.39 Å². The van der Waals surface area contributed by atoms with Crippen molar-refractivity contribution in [1.82, 2.24) is 18.7 Å². The van der Waals surface area contributed by atoms with E-state index < -0.39 is 11.2 Å². The normalized spacial score (nSPS) is 11.2. The third kappa shape index (κ3) is 3.38. The van der Waals surface area contributed by atoms with Gasteiger partial charge in [0.2, 0.25) is 0 Å². The fraction of sp³-hybridized carbons (Fsp3) is 0.190. The Morgan fingerprint density at radius 1 is 1.03 bits per heavy atom. The lowest BCUT2D eigenvalue weighted by Crippen LogP contribution is -2.41. The molecule has 148 valence electrons. The fourth-order valence-corrected chi connectivity index (χ4v) is 3.30. The highest BCUT2D eigenvalue weighted by Crippen LogP contribution is 2.15. The van der Waals surface area contributed by atoms with Gasteiger partial charge in [0.15, 0.2) is 11.2 Å². The fourth-order valence-electron chi connectivity index (χ4n) is 3.30. The molecular weight excluding hydrogens is 375 g/mol. The number of halogens is 1. The molecule has 0 atom stereocenters. The highest BCUT2D eigenvalue weighted by atomic mass is 19.1. The molecular formula is C21H19FN4O3. The van der Waals surface area contributed by atoms with Gasteiger partial charge in [0.05, 0.1) is 31.7 Å². The molecule has 0 bridgehead atoms. The quantitative estimate of drug-likeness (QED) is 0.503. The van der Waals surface area contributed by atoms with Gasteiger partial charge in [0, 0.05) is 12.7 Å². The SMILES string of the molecule is COCCn1c(=O)c2c(ncn2Cc2ccccc2F)n(-c2ccccc2)c1=O. The van der Waals surface area contributed by atoms with Crippen molar-refractivity contribution in [3.8, 4) is 5.69 Å². The molecule has 2 aromatic heterocycles. The Balaban J connectivity index is 1.98. The van der Waals surface area contributed by atoms with Crippen LogP contribution in [0.5, 0.6) is 0 Å². The second-order valence-corrected chi connectivity index (χ2v) is 6.54. The average molecular weight is 394 g/mol. The summed E-state index contributed by atoms with van der Waals surface area (Å²) in [7, 11) is 1.50. The van der Waals surface area contributed by atoms with Gasteiger partial charge in [-0.2, -0.15) is 0 Å². The molecule has 7 nitrogen and oxygen atoms in total. The van der Waals surface area contributed by atoms with Crippen LogP contribution in [0.2, 0.25) is 0 Å². The van der Waals surface area contributed by atoms with E-state index in [9.17, 15) is 14.0 Å². The second kappa shape index (κ2) is 7.84. The number of benzene rings is 2. The molecule has 2 aromatic carbocycles. The molecule has 0 unspecified atom stereocenters. The van der Waals surface area contributed by atoms with Gasteiger partial charge < -0.3 is 9.30 Å². The van der Waals surface area contributed by atoms with Crippen LogP contribution in [-0.2, 0) is 17.8 Å². The predicted octanol–water partition coefficient (Wildman–Crippen LogP) is 2.18. The number of nitrogens with zero attached hydrogens (tertiary/aromatic N) is 4. The van der Waals surface area contributed by atoms with Crippen molar-refractivity contribution in [2.24, 2.45) is 0 Å². The Morgan fingerprint density at radius 3 is 2.48 bits per heavy atom. The Bertz CT molecular complexity index is 1270. The first-order valence-corrected chi connectivity index (χ1v) is 9.10. The number of hydrogen-bond donors (Lipinski definition) is 0. The maximum absolute atomic E-state index is 14.1. The molecule has 0 spiro atoms. The number of hydrogen-bond acceptors (Lipinski definition) is 4. The van der Waals surface area contributed by atoms with E-state index in [0.717, 1.165) is 4.57 Å². The minimum atomic E-state index is -0.498. The van der Waals surface area contributed by atoms with Gasteiger partial charge in [-0.15, -0.1) is 0 Å².